The van der Waals surface area contributed by atoms with Gasteiger partial charge in [0.1, 0.15) is 5.03 Å². The van der Waals surface area contributed by atoms with Crippen LogP contribution in [0.1, 0.15) is 29.2 Å². The van der Waals surface area contributed by atoms with Crippen LogP contribution in [0.25, 0.3) is 5.69 Å². The fourth-order valence-corrected chi connectivity index (χ4v) is 3.72. The molecule has 29 heavy (non-hydrogen) atoms. The van der Waals surface area contributed by atoms with Gasteiger partial charge in [-0.1, -0.05) is 47.7 Å². The van der Waals surface area contributed by atoms with Gasteiger partial charge in [-0.15, -0.1) is 0 Å². The molecule has 3 rings (SSSR count). The minimum absolute atomic E-state index is 0.0674. The van der Waals surface area contributed by atoms with Crippen molar-refractivity contribution in [2.24, 2.45) is 0 Å². The summed E-state index contributed by atoms with van der Waals surface area (Å²) in [4.78, 5) is 24.8. The Labute approximate surface area is 175 Å². The maximum Gasteiger partial charge on any atom is 0.271 e. The van der Waals surface area contributed by atoms with Crippen molar-refractivity contribution in [3.8, 4) is 5.69 Å². The van der Waals surface area contributed by atoms with Gasteiger partial charge in [-0.25, -0.2) is 0 Å². The van der Waals surface area contributed by atoms with E-state index in [0.29, 0.717) is 11.6 Å². The number of benzene rings is 2. The highest BCUT2D eigenvalue weighted by molar-refractivity contribution is 8.00. The zero-order chi connectivity index (χ0) is 21.0. The zero-order valence-corrected chi connectivity index (χ0v) is 17.9. The van der Waals surface area contributed by atoms with Crippen LogP contribution in [0.15, 0.2) is 64.4 Å². The Morgan fingerprint density at radius 1 is 1.07 bits per heavy atom. The number of carbonyl (C=O) groups is 1. The Morgan fingerprint density at radius 2 is 1.86 bits per heavy atom. The molecule has 2 aromatic carbocycles. The van der Waals surface area contributed by atoms with Crippen molar-refractivity contribution < 1.29 is 4.79 Å². The van der Waals surface area contributed by atoms with Crippen LogP contribution in [-0.4, -0.2) is 20.9 Å². The number of nitrogens with zero attached hydrogens (tertiary/aromatic N) is 2. The monoisotopic (exact) mass is 407 g/mol. The Morgan fingerprint density at radius 3 is 2.59 bits per heavy atom. The molecule has 1 atom stereocenters. The first kappa shape index (κ1) is 20.9. The summed E-state index contributed by atoms with van der Waals surface area (Å²) in [6, 6.07) is 17.0. The number of hydrogen-bond acceptors (Lipinski definition) is 4. The molecule has 0 saturated heterocycles. The third-order valence-electron chi connectivity index (χ3n) is 4.73. The number of hydrogen-bond donors (Lipinski definition) is 1. The van der Waals surface area contributed by atoms with Crippen molar-refractivity contribution in [3.63, 3.8) is 0 Å². The van der Waals surface area contributed by atoms with Gasteiger partial charge in [-0.3, -0.25) is 9.59 Å². The van der Waals surface area contributed by atoms with Crippen molar-refractivity contribution >= 4 is 17.7 Å². The zero-order valence-electron chi connectivity index (χ0n) is 17.1. The summed E-state index contributed by atoms with van der Waals surface area (Å²) in [7, 11) is 0. The molecule has 6 heteroatoms. The highest BCUT2D eigenvalue weighted by Crippen LogP contribution is 2.21. The average Bonchev–Trinajstić information content (AvgIpc) is 2.69. The van der Waals surface area contributed by atoms with E-state index >= 15 is 0 Å². The van der Waals surface area contributed by atoms with Crippen LogP contribution in [0.4, 0.5) is 0 Å². The minimum atomic E-state index is -0.335. The van der Waals surface area contributed by atoms with Gasteiger partial charge in [0.25, 0.3) is 5.56 Å². The summed E-state index contributed by atoms with van der Waals surface area (Å²) in [5, 5.41) is 7.70. The Hall–Kier alpha value is -2.86. The van der Waals surface area contributed by atoms with E-state index in [0.717, 1.165) is 27.9 Å². The second-order valence-electron chi connectivity index (χ2n) is 7.16. The largest absolute Gasteiger partial charge is 0.351 e. The predicted octanol–water partition coefficient (Wildman–Crippen LogP) is 3.95. The van der Waals surface area contributed by atoms with E-state index in [2.05, 4.69) is 16.5 Å². The summed E-state index contributed by atoms with van der Waals surface area (Å²) in [5.74, 6) is -0.0674. The lowest BCUT2D eigenvalue weighted by atomic mass is 10.1. The first-order valence-electron chi connectivity index (χ1n) is 9.51. The smallest absolute Gasteiger partial charge is 0.271 e. The van der Waals surface area contributed by atoms with Gasteiger partial charge in [0.05, 0.1) is 10.9 Å². The van der Waals surface area contributed by atoms with Crippen molar-refractivity contribution in [2.45, 2.75) is 44.5 Å². The van der Waals surface area contributed by atoms with Crippen LogP contribution >= 0.6 is 11.8 Å². The van der Waals surface area contributed by atoms with Crippen molar-refractivity contribution in [1.82, 2.24) is 15.1 Å². The van der Waals surface area contributed by atoms with Crippen LogP contribution in [0, 0.1) is 20.8 Å². The third-order valence-corrected chi connectivity index (χ3v) is 5.75. The van der Waals surface area contributed by atoms with E-state index in [1.807, 2.05) is 64.1 Å². The van der Waals surface area contributed by atoms with E-state index in [9.17, 15) is 9.59 Å². The van der Waals surface area contributed by atoms with Crippen molar-refractivity contribution in [1.29, 1.82) is 0 Å². The molecule has 150 valence electrons. The molecule has 0 spiro atoms. The van der Waals surface area contributed by atoms with Gasteiger partial charge < -0.3 is 5.32 Å². The standard InChI is InChI=1S/C23H25N3O2S/c1-15-6-5-7-19(12-15)14-24-23(28)18(4)29-21-10-11-22(27)26(25-21)20-9-8-16(2)17(3)13-20/h5-13,18H,14H2,1-4H3,(H,24,28). The summed E-state index contributed by atoms with van der Waals surface area (Å²) < 4.78 is 1.38. The van der Waals surface area contributed by atoms with Crippen LogP contribution in [0.5, 0.6) is 0 Å². The number of nitrogens with one attached hydrogen (secondary N) is 1. The highest BCUT2D eigenvalue weighted by atomic mass is 32.2. The van der Waals surface area contributed by atoms with Gasteiger partial charge in [-0.2, -0.15) is 9.78 Å². The second kappa shape index (κ2) is 9.09. The van der Waals surface area contributed by atoms with Gasteiger partial charge >= 0.3 is 0 Å². The lowest BCUT2D eigenvalue weighted by Gasteiger charge is -2.13. The van der Waals surface area contributed by atoms with Crippen LogP contribution < -0.4 is 10.9 Å². The summed E-state index contributed by atoms with van der Waals surface area (Å²) in [5.41, 5.74) is 5.00. The van der Waals surface area contributed by atoms with Crippen LogP contribution in [-0.2, 0) is 11.3 Å². The fraction of sp³-hybridized carbons (Fsp3) is 0.261. The van der Waals surface area contributed by atoms with E-state index < -0.39 is 0 Å². The molecular formula is C23H25N3O2S. The normalized spacial score (nSPS) is 11.9. The molecule has 1 amide bonds. The average molecular weight is 408 g/mol. The van der Waals surface area contributed by atoms with Crippen molar-refractivity contribution in [2.75, 3.05) is 0 Å². The fourth-order valence-electron chi connectivity index (χ4n) is 2.89. The third kappa shape index (κ3) is 5.35. The van der Waals surface area contributed by atoms with E-state index in [1.165, 1.54) is 22.5 Å². The molecule has 5 nitrogen and oxygen atoms in total. The number of rotatable bonds is 6. The maximum atomic E-state index is 12.5. The first-order valence-corrected chi connectivity index (χ1v) is 10.4. The van der Waals surface area contributed by atoms with Crippen molar-refractivity contribution in [3.05, 3.63) is 87.2 Å². The molecular weight excluding hydrogens is 382 g/mol. The van der Waals surface area contributed by atoms with Crippen LogP contribution in [0.2, 0.25) is 0 Å². The molecule has 0 aliphatic heterocycles. The number of amides is 1. The molecule has 0 bridgehead atoms. The lowest BCUT2D eigenvalue weighted by Crippen LogP contribution is -2.30. The lowest BCUT2D eigenvalue weighted by molar-refractivity contribution is -0.120. The molecule has 0 saturated carbocycles. The van der Waals surface area contributed by atoms with Gasteiger partial charge in [-0.05, 0) is 62.6 Å². The molecule has 0 aliphatic rings. The molecule has 0 aliphatic carbocycles. The molecule has 0 radical (unpaired) electrons. The predicted molar refractivity (Wildman–Crippen MR) is 118 cm³/mol. The van der Waals surface area contributed by atoms with E-state index in [1.54, 1.807) is 6.07 Å². The Balaban J connectivity index is 1.70. The molecule has 1 unspecified atom stereocenters. The number of aryl methyl sites for hydroxylation is 3. The Bertz CT molecular complexity index is 1090. The molecule has 0 fully saturated rings. The van der Waals surface area contributed by atoms with Gasteiger partial charge in [0, 0.05) is 12.6 Å². The number of carbonyl (C=O) groups excluding carboxylic acids is 1. The SMILES string of the molecule is Cc1cccc(CNC(=O)C(C)Sc2ccc(=O)n(-c3ccc(C)c(C)c3)n2)c1. The van der Waals surface area contributed by atoms with Crippen LogP contribution in [0.3, 0.4) is 0 Å². The quantitative estimate of drug-likeness (QED) is 0.629. The van der Waals surface area contributed by atoms with Gasteiger partial charge in [0.2, 0.25) is 5.91 Å². The number of thioether (sulfide) groups is 1. The summed E-state index contributed by atoms with van der Waals surface area (Å²) in [6.07, 6.45) is 0. The van der Waals surface area contributed by atoms with Gasteiger partial charge in [0.15, 0.2) is 0 Å². The highest BCUT2D eigenvalue weighted by Gasteiger charge is 2.16. The molecule has 1 N–H and O–H groups in total. The summed E-state index contributed by atoms with van der Waals surface area (Å²) >= 11 is 1.33. The molecule has 1 heterocycles. The Kier molecular flexibility index (Phi) is 6.54. The topological polar surface area (TPSA) is 64.0 Å². The van der Waals surface area contributed by atoms with E-state index in [-0.39, 0.29) is 16.7 Å². The molecule has 1 aromatic heterocycles. The summed E-state index contributed by atoms with van der Waals surface area (Å²) in [6.45, 7) is 8.38. The molecule has 3 aromatic rings. The first-order chi connectivity index (χ1) is 13.8. The minimum Gasteiger partial charge on any atom is -0.351 e. The second-order valence-corrected chi connectivity index (χ2v) is 8.52. The van der Waals surface area contributed by atoms with E-state index in [4.69, 9.17) is 0 Å². The maximum absolute atomic E-state index is 12.5. The number of aromatic nitrogens is 2.